The summed E-state index contributed by atoms with van der Waals surface area (Å²) >= 11 is 15.4. The van der Waals surface area contributed by atoms with E-state index in [4.69, 9.17) is 28.6 Å². The number of fused-ring (bicyclic) bond motifs is 4. The van der Waals surface area contributed by atoms with Crippen LogP contribution in [0.5, 0.6) is 5.75 Å². The van der Waals surface area contributed by atoms with Gasteiger partial charge in [0.1, 0.15) is 11.7 Å². The second-order valence-corrected chi connectivity index (χ2v) is 10.2. The second-order valence-electron chi connectivity index (χ2n) is 8.41. The summed E-state index contributed by atoms with van der Waals surface area (Å²) in [5.74, 6) is -0.0428. The average Bonchev–Trinajstić information content (AvgIpc) is 2.75. The van der Waals surface area contributed by atoms with Crippen molar-refractivity contribution in [2.24, 2.45) is 5.92 Å². The van der Waals surface area contributed by atoms with Crippen molar-refractivity contribution in [2.45, 2.75) is 25.6 Å². The summed E-state index contributed by atoms with van der Waals surface area (Å²) in [7, 11) is 0. The van der Waals surface area contributed by atoms with Crippen LogP contribution in [0.25, 0.3) is 0 Å². The zero-order chi connectivity index (χ0) is 23.3. The van der Waals surface area contributed by atoms with Gasteiger partial charge in [-0.3, -0.25) is 9.69 Å². The van der Waals surface area contributed by atoms with E-state index < -0.39 is 11.6 Å². The van der Waals surface area contributed by atoms with Crippen molar-refractivity contribution in [3.05, 3.63) is 87.4 Å². The van der Waals surface area contributed by atoms with Gasteiger partial charge in [-0.25, -0.2) is 0 Å². The van der Waals surface area contributed by atoms with E-state index in [1.54, 1.807) is 24.3 Å². The standard InChI is InChI=1S/C25H21BrClN3O2S/c1-14-6-11-20-19(12-14)22-21(23(31)28-17-9-7-16(27)8-10-17)25(2,32-20)30(24(33)29-22)18-5-3-4-15(26)13-18/h3-13,21-22H,1-2H3,(H,28,31)(H,29,33). The third-order valence-electron chi connectivity index (χ3n) is 6.11. The number of hydrogen-bond donors (Lipinski definition) is 2. The van der Waals surface area contributed by atoms with Gasteiger partial charge in [-0.2, -0.15) is 0 Å². The van der Waals surface area contributed by atoms with E-state index in [1.165, 1.54) is 0 Å². The molecule has 2 aliphatic rings. The van der Waals surface area contributed by atoms with Gasteiger partial charge in [0.2, 0.25) is 5.91 Å². The van der Waals surface area contributed by atoms with Crippen LogP contribution in [0.15, 0.2) is 71.2 Å². The zero-order valence-electron chi connectivity index (χ0n) is 17.9. The molecular formula is C25H21BrClN3O2S. The molecule has 3 atom stereocenters. The molecule has 0 aliphatic carbocycles. The fourth-order valence-electron chi connectivity index (χ4n) is 4.66. The third-order valence-corrected chi connectivity index (χ3v) is 7.16. The van der Waals surface area contributed by atoms with Crippen molar-refractivity contribution in [1.82, 2.24) is 5.32 Å². The Morgan fingerprint density at radius 2 is 1.94 bits per heavy atom. The normalized spacial score (nSPS) is 23.3. The van der Waals surface area contributed by atoms with Gasteiger partial charge in [-0.05, 0) is 74.6 Å². The van der Waals surface area contributed by atoms with Gasteiger partial charge in [0.15, 0.2) is 10.8 Å². The molecular weight excluding hydrogens is 522 g/mol. The van der Waals surface area contributed by atoms with E-state index in [2.05, 4.69) is 26.6 Å². The van der Waals surface area contributed by atoms with Gasteiger partial charge in [0.05, 0.1) is 6.04 Å². The fraction of sp³-hybridized carbons (Fsp3) is 0.200. The molecule has 1 saturated heterocycles. The monoisotopic (exact) mass is 541 g/mol. The lowest BCUT2D eigenvalue weighted by Gasteiger charge is -2.56. The Hall–Kier alpha value is -2.61. The molecule has 5 rings (SSSR count). The van der Waals surface area contributed by atoms with E-state index in [0.29, 0.717) is 15.8 Å². The largest absolute Gasteiger partial charge is 0.467 e. The van der Waals surface area contributed by atoms with E-state index >= 15 is 0 Å². The van der Waals surface area contributed by atoms with Crippen LogP contribution in [-0.4, -0.2) is 16.7 Å². The van der Waals surface area contributed by atoms with Crippen LogP contribution in [0.1, 0.15) is 24.1 Å². The first-order chi connectivity index (χ1) is 15.8. The highest BCUT2D eigenvalue weighted by molar-refractivity contribution is 9.10. The molecule has 168 valence electrons. The first-order valence-corrected chi connectivity index (χ1v) is 12.1. The molecule has 1 fully saturated rings. The number of ether oxygens (including phenoxy) is 1. The summed E-state index contributed by atoms with van der Waals surface area (Å²) in [6, 6.07) is 20.5. The molecule has 3 aromatic rings. The topological polar surface area (TPSA) is 53.6 Å². The fourth-order valence-corrected chi connectivity index (χ4v) is 5.59. The van der Waals surface area contributed by atoms with Gasteiger partial charge >= 0.3 is 0 Å². The Morgan fingerprint density at radius 3 is 2.67 bits per heavy atom. The Labute approximate surface area is 211 Å². The lowest BCUT2D eigenvalue weighted by molar-refractivity contribution is -0.130. The molecule has 2 aliphatic heterocycles. The van der Waals surface area contributed by atoms with Gasteiger partial charge in [0, 0.05) is 26.4 Å². The molecule has 0 radical (unpaired) electrons. The Kier molecular flexibility index (Phi) is 5.59. The quantitative estimate of drug-likeness (QED) is 0.386. The molecule has 2 N–H and O–H groups in total. The maximum Gasteiger partial charge on any atom is 0.236 e. The van der Waals surface area contributed by atoms with E-state index in [1.807, 2.05) is 61.2 Å². The predicted molar refractivity (Wildman–Crippen MR) is 139 cm³/mol. The number of halogens is 2. The first-order valence-electron chi connectivity index (χ1n) is 10.5. The Bertz CT molecular complexity index is 1270. The maximum atomic E-state index is 13.8. The lowest BCUT2D eigenvalue weighted by atomic mass is 9.78. The number of nitrogens with zero attached hydrogens (tertiary/aromatic N) is 1. The van der Waals surface area contributed by atoms with Crippen molar-refractivity contribution in [3.63, 3.8) is 0 Å². The number of carbonyl (C=O) groups is 1. The summed E-state index contributed by atoms with van der Waals surface area (Å²) in [5, 5.41) is 7.58. The van der Waals surface area contributed by atoms with Gasteiger partial charge < -0.3 is 15.4 Å². The van der Waals surface area contributed by atoms with Crippen molar-refractivity contribution in [1.29, 1.82) is 0 Å². The van der Waals surface area contributed by atoms with Crippen LogP contribution in [0.3, 0.4) is 0 Å². The number of anilines is 2. The smallest absolute Gasteiger partial charge is 0.236 e. The van der Waals surface area contributed by atoms with E-state index in [0.717, 1.165) is 27.0 Å². The average molecular weight is 543 g/mol. The first kappa shape index (κ1) is 22.2. The summed E-state index contributed by atoms with van der Waals surface area (Å²) < 4.78 is 7.52. The molecule has 3 unspecified atom stereocenters. The van der Waals surface area contributed by atoms with E-state index in [9.17, 15) is 4.79 Å². The summed E-state index contributed by atoms with van der Waals surface area (Å²) in [5.41, 5.74) is 2.42. The number of nitrogens with one attached hydrogen (secondary N) is 2. The van der Waals surface area contributed by atoms with Gasteiger partial charge in [0.25, 0.3) is 0 Å². The zero-order valence-corrected chi connectivity index (χ0v) is 21.1. The van der Waals surface area contributed by atoms with Crippen LogP contribution in [-0.2, 0) is 4.79 Å². The minimum Gasteiger partial charge on any atom is -0.467 e. The summed E-state index contributed by atoms with van der Waals surface area (Å²) in [6.07, 6.45) is 0. The van der Waals surface area contributed by atoms with Crippen LogP contribution in [0.2, 0.25) is 5.02 Å². The molecule has 5 nitrogen and oxygen atoms in total. The maximum absolute atomic E-state index is 13.8. The molecule has 8 heteroatoms. The van der Waals surface area contributed by atoms with Crippen LogP contribution in [0.4, 0.5) is 11.4 Å². The number of benzene rings is 3. The van der Waals surface area contributed by atoms with Crippen molar-refractivity contribution < 1.29 is 9.53 Å². The predicted octanol–water partition coefficient (Wildman–Crippen LogP) is 6.21. The molecule has 2 heterocycles. The highest BCUT2D eigenvalue weighted by Gasteiger charge is 2.59. The third kappa shape index (κ3) is 3.88. The molecule has 2 bridgehead atoms. The Morgan fingerprint density at radius 1 is 1.18 bits per heavy atom. The highest BCUT2D eigenvalue weighted by Crippen LogP contribution is 2.50. The van der Waals surface area contributed by atoms with E-state index in [-0.39, 0.29) is 11.9 Å². The summed E-state index contributed by atoms with van der Waals surface area (Å²) in [6.45, 7) is 3.94. The van der Waals surface area contributed by atoms with Gasteiger partial charge in [-0.15, -0.1) is 0 Å². The van der Waals surface area contributed by atoms with Crippen molar-refractivity contribution in [2.75, 3.05) is 10.2 Å². The van der Waals surface area contributed by atoms with Gasteiger partial charge in [-0.1, -0.05) is 51.3 Å². The van der Waals surface area contributed by atoms with Crippen LogP contribution < -0.4 is 20.3 Å². The van der Waals surface area contributed by atoms with Crippen molar-refractivity contribution in [3.8, 4) is 5.75 Å². The highest BCUT2D eigenvalue weighted by atomic mass is 79.9. The Balaban J connectivity index is 1.63. The summed E-state index contributed by atoms with van der Waals surface area (Å²) in [4.78, 5) is 15.7. The molecule has 0 spiro atoms. The number of hydrogen-bond acceptors (Lipinski definition) is 3. The van der Waals surface area contributed by atoms with Crippen molar-refractivity contribution >= 4 is 62.1 Å². The molecule has 1 amide bonds. The molecule has 0 aromatic heterocycles. The second kappa shape index (κ2) is 8.31. The number of amides is 1. The number of carbonyl (C=O) groups excluding carboxylic acids is 1. The lowest BCUT2D eigenvalue weighted by Crippen LogP contribution is -2.72. The molecule has 0 saturated carbocycles. The van der Waals surface area contributed by atoms with Crippen LogP contribution in [0, 0.1) is 12.8 Å². The molecule has 33 heavy (non-hydrogen) atoms. The van der Waals surface area contributed by atoms with Crippen LogP contribution >= 0.6 is 39.7 Å². The number of aryl methyl sites for hydroxylation is 1. The number of rotatable bonds is 3. The SMILES string of the molecule is Cc1ccc2c(c1)C1NC(=S)N(c3cccc(Br)c3)C(C)(O2)C1C(=O)Nc1ccc(Cl)cc1. The minimum atomic E-state index is -1.06. The number of thiocarbonyl (C=S) groups is 1. The molecule has 3 aromatic carbocycles. The minimum absolute atomic E-state index is 0.174.